The summed E-state index contributed by atoms with van der Waals surface area (Å²) in [4.78, 5) is 4.22. The summed E-state index contributed by atoms with van der Waals surface area (Å²) in [5.41, 5.74) is -0.0349. The van der Waals surface area contributed by atoms with Crippen LogP contribution in [-0.4, -0.2) is 49.9 Å². The first-order valence-electron chi connectivity index (χ1n) is 5.20. The van der Waals surface area contributed by atoms with Crippen LogP contribution in [-0.2, 0) is 0 Å². The smallest absolute Gasteiger partial charge is 0.101 e. The third-order valence-corrected chi connectivity index (χ3v) is 2.19. The first-order valence-corrected chi connectivity index (χ1v) is 5.20. The second-order valence-corrected chi connectivity index (χ2v) is 5.18. The van der Waals surface area contributed by atoms with E-state index < -0.39 is 0 Å². The molecule has 0 aliphatic carbocycles. The molecule has 0 aromatic heterocycles. The molecule has 0 amide bonds. The minimum absolute atomic E-state index is 0.0349. The van der Waals surface area contributed by atoms with E-state index in [-0.39, 0.29) is 5.41 Å². The molecule has 0 unspecified atom stereocenters. The van der Waals surface area contributed by atoms with Crippen molar-refractivity contribution in [3.63, 3.8) is 0 Å². The lowest BCUT2D eigenvalue weighted by molar-refractivity contribution is 0.354. The first kappa shape index (κ1) is 13.4. The van der Waals surface area contributed by atoms with E-state index in [1.54, 1.807) is 0 Å². The molecule has 0 aromatic carbocycles. The van der Waals surface area contributed by atoms with Crippen molar-refractivity contribution in [3.8, 4) is 0 Å². The van der Waals surface area contributed by atoms with E-state index in [2.05, 4.69) is 39.8 Å². The number of amidine groups is 1. The molecule has 0 saturated heterocycles. The van der Waals surface area contributed by atoms with Gasteiger partial charge in [0, 0.05) is 19.0 Å². The van der Waals surface area contributed by atoms with Gasteiger partial charge in [0.25, 0.3) is 0 Å². The highest BCUT2D eigenvalue weighted by Gasteiger charge is 2.20. The van der Waals surface area contributed by atoms with Crippen LogP contribution in [0.3, 0.4) is 0 Å². The zero-order chi connectivity index (χ0) is 11.4. The Morgan fingerprint density at radius 3 is 1.93 bits per heavy atom. The van der Waals surface area contributed by atoms with Gasteiger partial charge in [-0.15, -0.1) is 0 Å². The lowest BCUT2D eigenvalue weighted by atomic mass is 9.94. The summed E-state index contributed by atoms with van der Waals surface area (Å²) in [6, 6.07) is 0. The second kappa shape index (κ2) is 5.35. The van der Waals surface area contributed by atoms with E-state index in [0.29, 0.717) is 0 Å². The predicted octanol–water partition coefficient (Wildman–Crippen LogP) is 1.89. The molecule has 0 bridgehead atoms. The molecule has 0 aromatic rings. The summed E-state index contributed by atoms with van der Waals surface area (Å²) in [6.07, 6.45) is 1.11. The van der Waals surface area contributed by atoms with Gasteiger partial charge in [0.05, 0.1) is 0 Å². The average Bonchev–Trinajstić information content (AvgIpc) is 2.00. The molecular weight excluding hydrogens is 174 g/mol. The van der Waals surface area contributed by atoms with Crippen LogP contribution in [0.25, 0.3) is 0 Å². The summed E-state index contributed by atoms with van der Waals surface area (Å²) in [7, 11) is 6.16. The van der Waals surface area contributed by atoms with Crippen molar-refractivity contribution in [1.29, 1.82) is 5.41 Å². The third kappa shape index (κ3) is 5.22. The van der Waals surface area contributed by atoms with Crippen LogP contribution in [0.5, 0.6) is 0 Å². The maximum Gasteiger partial charge on any atom is 0.101 e. The molecule has 0 rings (SSSR count). The maximum atomic E-state index is 7.94. The van der Waals surface area contributed by atoms with Gasteiger partial charge in [-0.25, -0.2) is 0 Å². The summed E-state index contributed by atoms with van der Waals surface area (Å²) < 4.78 is 0. The quantitative estimate of drug-likeness (QED) is 0.553. The molecule has 3 heteroatoms. The monoisotopic (exact) mass is 199 g/mol. The predicted molar refractivity (Wildman–Crippen MR) is 63.0 cm³/mol. The Kier molecular flexibility index (Phi) is 5.13. The third-order valence-electron chi connectivity index (χ3n) is 2.19. The van der Waals surface area contributed by atoms with Crippen molar-refractivity contribution in [3.05, 3.63) is 0 Å². The van der Waals surface area contributed by atoms with Gasteiger partial charge >= 0.3 is 0 Å². The van der Waals surface area contributed by atoms with Gasteiger partial charge in [-0.1, -0.05) is 20.8 Å². The molecule has 0 aliphatic rings. The zero-order valence-corrected chi connectivity index (χ0v) is 10.5. The van der Waals surface area contributed by atoms with Gasteiger partial charge < -0.3 is 9.80 Å². The second-order valence-electron chi connectivity index (χ2n) is 5.18. The number of nitrogens with zero attached hydrogens (tertiary/aromatic N) is 2. The molecule has 3 nitrogen and oxygen atoms in total. The molecule has 84 valence electrons. The Morgan fingerprint density at radius 2 is 1.57 bits per heavy atom. The van der Waals surface area contributed by atoms with Crippen molar-refractivity contribution in [1.82, 2.24) is 9.80 Å². The summed E-state index contributed by atoms with van der Waals surface area (Å²) in [6.45, 7) is 8.30. The van der Waals surface area contributed by atoms with E-state index in [1.807, 2.05) is 11.9 Å². The SMILES string of the molecule is CN(C)CCCN(C)C(=N)C(C)(C)C. The van der Waals surface area contributed by atoms with Crippen LogP contribution in [0.2, 0.25) is 0 Å². The van der Waals surface area contributed by atoms with E-state index >= 15 is 0 Å². The fourth-order valence-electron chi connectivity index (χ4n) is 1.31. The Hall–Kier alpha value is -0.570. The highest BCUT2D eigenvalue weighted by Crippen LogP contribution is 2.16. The first-order chi connectivity index (χ1) is 6.25. The van der Waals surface area contributed by atoms with Crippen LogP contribution in [0.1, 0.15) is 27.2 Å². The summed E-state index contributed by atoms with van der Waals surface area (Å²) in [5, 5.41) is 7.94. The van der Waals surface area contributed by atoms with E-state index in [4.69, 9.17) is 5.41 Å². The molecule has 0 atom stereocenters. The molecule has 0 aliphatic heterocycles. The van der Waals surface area contributed by atoms with Crippen LogP contribution in [0.4, 0.5) is 0 Å². The topological polar surface area (TPSA) is 30.3 Å². The average molecular weight is 199 g/mol. The van der Waals surface area contributed by atoms with Crippen molar-refractivity contribution in [2.24, 2.45) is 5.41 Å². The number of hydrogen-bond donors (Lipinski definition) is 1. The van der Waals surface area contributed by atoms with E-state index in [1.165, 1.54) is 0 Å². The van der Waals surface area contributed by atoms with Crippen LogP contribution < -0.4 is 0 Å². The number of rotatable bonds is 4. The largest absolute Gasteiger partial charge is 0.363 e. The number of hydrogen-bond acceptors (Lipinski definition) is 2. The van der Waals surface area contributed by atoms with Gasteiger partial charge in [0.2, 0.25) is 0 Å². The standard InChI is InChI=1S/C11H25N3/c1-11(2,3)10(12)14(6)9-7-8-13(4)5/h12H,7-9H2,1-6H3. The lowest BCUT2D eigenvalue weighted by Crippen LogP contribution is -2.37. The fourth-order valence-corrected chi connectivity index (χ4v) is 1.31. The van der Waals surface area contributed by atoms with E-state index in [0.717, 1.165) is 25.3 Å². The molecular formula is C11H25N3. The highest BCUT2D eigenvalue weighted by atomic mass is 15.1. The van der Waals surface area contributed by atoms with Crippen LogP contribution in [0.15, 0.2) is 0 Å². The summed E-state index contributed by atoms with van der Waals surface area (Å²) in [5.74, 6) is 0.719. The van der Waals surface area contributed by atoms with Crippen molar-refractivity contribution in [2.75, 3.05) is 34.2 Å². The number of nitrogens with one attached hydrogen (secondary N) is 1. The molecule has 14 heavy (non-hydrogen) atoms. The minimum Gasteiger partial charge on any atom is -0.363 e. The highest BCUT2D eigenvalue weighted by molar-refractivity contribution is 5.83. The molecule has 0 spiro atoms. The zero-order valence-electron chi connectivity index (χ0n) is 10.5. The van der Waals surface area contributed by atoms with Crippen LogP contribution >= 0.6 is 0 Å². The van der Waals surface area contributed by atoms with Crippen molar-refractivity contribution < 1.29 is 0 Å². The molecule has 1 N–H and O–H groups in total. The molecule has 0 fully saturated rings. The van der Waals surface area contributed by atoms with E-state index in [9.17, 15) is 0 Å². The van der Waals surface area contributed by atoms with Gasteiger partial charge in [-0.3, -0.25) is 5.41 Å². The van der Waals surface area contributed by atoms with Gasteiger partial charge in [0.15, 0.2) is 0 Å². The van der Waals surface area contributed by atoms with Crippen LogP contribution in [0, 0.1) is 10.8 Å². The summed E-state index contributed by atoms with van der Waals surface area (Å²) >= 11 is 0. The Labute approximate surface area is 88.6 Å². The maximum absolute atomic E-state index is 7.94. The minimum atomic E-state index is -0.0349. The van der Waals surface area contributed by atoms with Gasteiger partial charge in [-0.05, 0) is 27.1 Å². The normalized spacial score (nSPS) is 11.9. The molecule has 0 heterocycles. The van der Waals surface area contributed by atoms with Crippen molar-refractivity contribution in [2.45, 2.75) is 27.2 Å². The fraction of sp³-hybridized carbons (Fsp3) is 0.909. The Balaban J connectivity index is 3.86. The Morgan fingerprint density at radius 1 is 1.07 bits per heavy atom. The molecule has 0 radical (unpaired) electrons. The Bertz CT molecular complexity index is 179. The lowest BCUT2D eigenvalue weighted by Gasteiger charge is -2.29. The van der Waals surface area contributed by atoms with Gasteiger partial charge in [-0.2, -0.15) is 0 Å². The van der Waals surface area contributed by atoms with Gasteiger partial charge in [0.1, 0.15) is 5.84 Å². The molecule has 0 saturated carbocycles. The van der Waals surface area contributed by atoms with Crippen molar-refractivity contribution >= 4 is 5.84 Å².